The molecular formula is C24H31NO3. The minimum absolute atomic E-state index is 0.0512. The van der Waals surface area contributed by atoms with Gasteiger partial charge in [-0.05, 0) is 43.0 Å². The van der Waals surface area contributed by atoms with Crippen molar-refractivity contribution in [1.82, 2.24) is 0 Å². The molecular weight excluding hydrogens is 350 g/mol. The zero-order chi connectivity index (χ0) is 20.5. The molecule has 0 aliphatic heterocycles. The summed E-state index contributed by atoms with van der Waals surface area (Å²) in [6.45, 7) is 5.99. The Morgan fingerprint density at radius 3 is 2.36 bits per heavy atom. The number of rotatable bonds is 11. The van der Waals surface area contributed by atoms with E-state index in [1.807, 2.05) is 24.3 Å². The monoisotopic (exact) mass is 381 g/mol. The lowest BCUT2D eigenvalue weighted by Gasteiger charge is -2.22. The van der Waals surface area contributed by atoms with E-state index in [9.17, 15) is 4.79 Å². The van der Waals surface area contributed by atoms with Gasteiger partial charge in [0.1, 0.15) is 5.78 Å². The van der Waals surface area contributed by atoms with Gasteiger partial charge in [-0.15, -0.1) is 6.58 Å². The number of aryl methyl sites for hydroxylation is 2. The molecule has 0 aliphatic rings. The molecule has 2 rings (SSSR count). The van der Waals surface area contributed by atoms with E-state index in [1.54, 1.807) is 14.2 Å². The molecule has 2 N–H and O–H groups in total. The summed E-state index contributed by atoms with van der Waals surface area (Å²) in [7, 11) is 3.22. The van der Waals surface area contributed by atoms with Crippen LogP contribution in [0.5, 0.6) is 11.5 Å². The van der Waals surface area contributed by atoms with Gasteiger partial charge in [0, 0.05) is 24.8 Å². The number of nitrogens with two attached hydrogens (primary N) is 1. The highest BCUT2D eigenvalue weighted by molar-refractivity contribution is 5.78. The van der Waals surface area contributed by atoms with Gasteiger partial charge in [0.15, 0.2) is 11.5 Å². The van der Waals surface area contributed by atoms with E-state index >= 15 is 0 Å². The van der Waals surface area contributed by atoms with Crippen molar-refractivity contribution in [2.45, 2.75) is 44.6 Å². The Morgan fingerprint density at radius 2 is 1.75 bits per heavy atom. The van der Waals surface area contributed by atoms with E-state index in [4.69, 9.17) is 15.2 Å². The molecule has 0 fully saturated rings. The number of Topliss-reactive ketones (excluding diaryl/α,β-unsaturated/α-hetero) is 1. The SMILES string of the molecule is C=CC(c1ccc(OC)c(OC)c1)C(N)CCC(=O)CCc1ccc(C)cc1. The fraction of sp³-hybridized carbons (Fsp3) is 0.375. The van der Waals surface area contributed by atoms with Gasteiger partial charge in [-0.3, -0.25) is 4.79 Å². The van der Waals surface area contributed by atoms with Gasteiger partial charge in [0.05, 0.1) is 14.2 Å². The van der Waals surface area contributed by atoms with Crippen LogP contribution in [0.2, 0.25) is 0 Å². The summed E-state index contributed by atoms with van der Waals surface area (Å²) in [5, 5.41) is 0. The fourth-order valence-electron chi connectivity index (χ4n) is 3.29. The highest BCUT2D eigenvalue weighted by Crippen LogP contribution is 2.32. The maximum atomic E-state index is 12.3. The molecule has 0 spiro atoms. The molecule has 4 nitrogen and oxygen atoms in total. The summed E-state index contributed by atoms with van der Waals surface area (Å²) in [6.07, 6.45) is 4.25. The van der Waals surface area contributed by atoms with Crippen LogP contribution < -0.4 is 15.2 Å². The maximum Gasteiger partial charge on any atom is 0.161 e. The Balaban J connectivity index is 1.90. The average Bonchev–Trinajstić information content (AvgIpc) is 2.72. The molecule has 2 aromatic rings. The molecule has 28 heavy (non-hydrogen) atoms. The number of ketones is 1. The second-order valence-electron chi connectivity index (χ2n) is 7.10. The maximum absolute atomic E-state index is 12.3. The van der Waals surface area contributed by atoms with Gasteiger partial charge in [0.25, 0.3) is 0 Å². The first-order chi connectivity index (χ1) is 13.5. The van der Waals surface area contributed by atoms with E-state index in [0.717, 1.165) is 12.0 Å². The molecule has 4 heteroatoms. The van der Waals surface area contributed by atoms with Crippen LogP contribution in [0.1, 0.15) is 41.9 Å². The van der Waals surface area contributed by atoms with Crippen LogP contribution >= 0.6 is 0 Å². The number of methoxy groups -OCH3 is 2. The van der Waals surface area contributed by atoms with Gasteiger partial charge in [0.2, 0.25) is 0 Å². The molecule has 0 aromatic heterocycles. The van der Waals surface area contributed by atoms with Crippen molar-refractivity contribution in [2.75, 3.05) is 14.2 Å². The molecule has 0 heterocycles. The topological polar surface area (TPSA) is 61.6 Å². The number of carbonyl (C=O) groups is 1. The first-order valence-corrected chi connectivity index (χ1v) is 9.65. The molecule has 0 radical (unpaired) electrons. The molecule has 0 bridgehead atoms. The Kier molecular flexibility index (Phi) is 8.27. The van der Waals surface area contributed by atoms with Crippen LogP contribution in [0.3, 0.4) is 0 Å². The Bertz CT molecular complexity index is 783. The van der Waals surface area contributed by atoms with Crippen LogP contribution in [0.25, 0.3) is 0 Å². The minimum Gasteiger partial charge on any atom is -0.493 e. The molecule has 150 valence electrons. The summed E-state index contributed by atoms with van der Waals surface area (Å²) < 4.78 is 10.7. The molecule has 2 atom stereocenters. The minimum atomic E-state index is -0.182. The van der Waals surface area contributed by atoms with Crippen molar-refractivity contribution in [3.8, 4) is 11.5 Å². The Morgan fingerprint density at radius 1 is 1.07 bits per heavy atom. The van der Waals surface area contributed by atoms with Crippen molar-refractivity contribution in [3.63, 3.8) is 0 Å². The van der Waals surface area contributed by atoms with Crippen LogP contribution in [0.4, 0.5) is 0 Å². The smallest absolute Gasteiger partial charge is 0.161 e. The molecule has 0 saturated heterocycles. The molecule has 0 amide bonds. The van der Waals surface area contributed by atoms with Crippen molar-refractivity contribution >= 4 is 5.78 Å². The van der Waals surface area contributed by atoms with Crippen LogP contribution in [-0.4, -0.2) is 26.0 Å². The van der Waals surface area contributed by atoms with Crippen molar-refractivity contribution in [2.24, 2.45) is 5.73 Å². The summed E-state index contributed by atoms with van der Waals surface area (Å²) in [5.41, 5.74) is 9.83. The summed E-state index contributed by atoms with van der Waals surface area (Å²) in [6, 6.07) is 13.9. The van der Waals surface area contributed by atoms with Crippen molar-refractivity contribution < 1.29 is 14.3 Å². The highest BCUT2D eigenvalue weighted by Gasteiger charge is 2.19. The number of ether oxygens (including phenoxy) is 2. The average molecular weight is 382 g/mol. The lowest BCUT2D eigenvalue weighted by atomic mass is 9.88. The first kappa shape index (κ1) is 21.7. The predicted molar refractivity (Wildman–Crippen MR) is 114 cm³/mol. The number of hydrogen-bond donors (Lipinski definition) is 1. The number of benzene rings is 2. The van der Waals surface area contributed by atoms with Gasteiger partial charge in [-0.25, -0.2) is 0 Å². The molecule has 2 aromatic carbocycles. The third-order valence-corrected chi connectivity index (χ3v) is 5.08. The first-order valence-electron chi connectivity index (χ1n) is 9.65. The summed E-state index contributed by atoms with van der Waals surface area (Å²) in [4.78, 5) is 12.3. The quantitative estimate of drug-likeness (QED) is 0.578. The third kappa shape index (κ3) is 5.96. The second kappa shape index (κ2) is 10.7. The third-order valence-electron chi connectivity index (χ3n) is 5.08. The van der Waals surface area contributed by atoms with Crippen molar-refractivity contribution in [1.29, 1.82) is 0 Å². The van der Waals surface area contributed by atoms with Crippen LogP contribution in [0.15, 0.2) is 55.1 Å². The number of hydrogen-bond acceptors (Lipinski definition) is 4. The zero-order valence-corrected chi connectivity index (χ0v) is 17.1. The van der Waals surface area contributed by atoms with Gasteiger partial charge < -0.3 is 15.2 Å². The Hall–Kier alpha value is -2.59. The van der Waals surface area contributed by atoms with Crippen molar-refractivity contribution in [3.05, 3.63) is 71.8 Å². The summed E-state index contributed by atoms with van der Waals surface area (Å²) in [5.74, 6) is 1.53. The molecule has 0 saturated carbocycles. The normalized spacial score (nSPS) is 12.9. The van der Waals surface area contributed by atoms with Crippen LogP contribution in [-0.2, 0) is 11.2 Å². The molecule has 0 aliphatic carbocycles. The fourth-order valence-corrected chi connectivity index (χ4v) is 3.29. The Labute approximate surface area is 168 Å². The number of carbonyl (C=O) groups excluding carboxylic acids is 1. The standard InChI is InChI=1S/C24H31NO3/c1-5-21(19-11-15-23(27-3)24(16-19)28-4)22(25)14-13-20(26)12-10-18-8-6-17(2)7-9-18/h5-9,11,15-16,21-22H,1,10,12-14,25H2,2-4H3. The van der Waals surface area contributed by atoms with E-state index in [2.05, 4.69) is 37.8 Å². The zero-order valence-electron chi connectivity index (χ0n) is 17.1. The predicted octanol–water partition coefficient (Wildman–Crippen LogP) is 4.59. The summed E-state index contributed by atoms with van der Waals surface area (Å²) >= 11 is 0. The van der Waals surface area contributed by atoms with Gasteiger partial charge in [-0.1, -0.05) is 42.0 Å². The van der Waals surface area contributed by atoms with Gasteiger partial charge in [-0.2, -0.15) is 0 Å². The molecule has 2 unspecified atom stereocenters. The van der Waals surface area contributed by atoms with E-state index < -0.39 is 0 Å². The lowest BCUT2D eigenvalue weighted by Crippen LogP contribution is -2.28. The van der Waals surface area contributed by atoms with Gasteiger partial charge >= 0.3 is 0 Å². The van der Waals surface area contributed by atoms with E-state index in [-0.39, 0.29) is 17.7 Å². The second-order valence-corrected chi connectivity index (χ2v) is 7.10. The van der Waals surface area contributed by atoms with E-state index in [1.165, 1.54) is 11.1 Å². The highest BCUT2D eigenvalue weighted by atomic mass is 16.5. The van der Waals surface area contributed by atoms with E-state index in [0.29, 0.717) is 30.8 Å². The lowest BCUT2D eigenvalue weighted by molar-refractivity contribution is -0.119. The van der Waals surface area contributed by atoms with Crippen LogP contribution in [0, 0.1) is 6.92 Å². The largest absolute Gasteiger partial charge is 0.493 e.